The van der Waals surface area contributed by atoms with Crippen LogP contribution in [-0.4, -0.2) is 39.9 Å². The number of benzene rings is 2. The number of pyridine rings is 1. The van der Waals surface area contributed by atoms with Gasteiger partial charge in [0, 0.05) is 30.1 Å². The van der Waals surface area contributed by atoms with Crippen LogP contribution in [0.2, 0.25) is 0 Å². The summed E-state index contributed by atoms with van der Waals surface area (Å²) >= 11 is 0. The number of ether oxygens (including phenoxy) is 2. The van der Waals surface area contributed by atoms with E-state index in [1.54, 1.807) is 42.7 Å². The number of rotatable bonds is 4. The number of nitrogens with zero attached hydrogens (tertiary/aromatic N) is 2. The fourth-order valence-corrected chi connectivity index (χ4v) is 4.10. The van der Waals surface area contributed by atoms with Gasteiger partial charge in [0.2, 0.25) is 0 Å². The van der Waals surface area contributed by atoms with Crippen LogP contribution in [0.1, 0.15) is 22.7 Å². The van der Waals surface area contributed by atoms with Gasteiger partial charge in [-0.3, -0.25) is 14.6 Å². The number of aromatic nitrogens is 1. The average molecular weight is 446 g/mol. The van der Waals surface area contributed by atoms with E-state index in [4.69, 9.17) is 9.47 Å². The number of fused-ring (bicyclic) bond motifs is 1. The van der Waals surface area contributed by atoms with Crippen LogP contribution in [0, 0.1) is 5.82 Å². The first-order chi connectivity index (χ1) is 16.0. The van der Waals surface area contributed by atoms with Crippen molar-refractivity contribution in [2.75, 3.05) is 13.2 Å². The Morgan fingerprint density at radius 1 is 1.06 bits per heavy atom. The number of aliphatic hydroxyl groups is 1. The van der Waals surface area contributed by atoms with Crippen molar-refractivity contribution in [2.45, 2.75) is 12.6 Å². The highest BCUT2D eigenvalue weighted by Gasteiger charge is 2.47. The number of carbonyl (C=O) groups is 2. The van der Waals surface area contributed by atoms with Crippen LogP contribution in [0.15, 0.2) is 72.6 Å². The lowest BCUT2D eigenvalue weighted by molar-refractivity contribution is -0.140. The fraction of sp³-hybridized carbons (Fsp3) is 0.160. The number of ketones is 1. The molecule has 33 heavy (non-hydrogen) atoms. The largest absolute Gasteiger partial charge is 0.507 e. The molecule has 0 unspecified atom stereocenters. The minimum atomic E-state index is -1.11. The zero-order chi connectivity index (χ0) is 22.9. The molecule has 0 spiro atoms. The van der Waals surface area contributed by atoms with Crippen molar-refractivity contribution in [3.63, 3.8) is 0 Å². The lowest BCUT2D eigenvalue weighted by atomic mass is 9.94. The molecule has 1 fully saturated rings. The molecule has 1 aromatic heterocycles. The number of amides is 1. The number of Topliss-reactive ketones (excluding diaryl/α,β-unsaturated/α-hetero) is 1. The molecule has 0 saturated carbocycles. The van der Waals surface area contributed by atoms with Gasteiger partial charge in [0.15, 0.2) is 11.5 Å². The minimum absolute atomic E-state index is 0.0231. The molecular formula is C25H19FN2O5. The molecule has 1 atom stereocenters. The van der Waals surface area contributed by atoms with Gasteiger partial charge in [0.25, 0.3) is 11.7 Å². The maximum Gasteiger partial charge on any atom is 0.295 e. The maximum absolute atomic E-state index is 14.9. The first kappa shape index (κ1) is 20.7. The van der Waals surface area contributed by atoms with Gasteiger partial charge in [0.1, 0.15) is 24.8 Å². The predicted octanol–water partition coefficient (Wildman–Crippen LogP) is 3.61. The van der Waals surface area contributed by atoms with Gasteiger partial charge in [-0.2, -0.15) is 0 Å². The highest BCUT2D eigenvalue weighted by Crippen LogP contribution is 2.42. The molecule has 7 nitrogen and oxygen atoms in total. The minimum Gasteiger partial charge on any atom is -0.507 e. The van der Waals surface area contributed by atoms with Gasteiger partial charge in [-0.05, 0) is 35.9 Å². The number of hydrogen-bond acceptors (Lipinski definition) is 6. The summed E-state index contributed by atoms with van der Waals surface area (Å²) < 4.78 is 25.9. The van der Waals surface area contributed by atoms with E-state index in [0.29, 0.717) is 30.3 Å². The van der Waals surface area contributed by atoms with Gasteiger partial charge in [-0.1, -0.05) is 24.3 Å². The fourth-order valence-electron chi connectivity index (χ4n) is 4.10. The van der Waals surface area contributed by atoms with E-state index in [-0.39, 0.29) is 23.2 Å². The number of carbonyl (C=O) groups excluding carboxylic acids is 2. The van der Waals surface area contributed by atoms with Crippen molar-refractivity contribution in [3.05, 3.63) is 95.1 Å². The Bertz CT molecular complexity index is 1270. The first-order valence-electron chi connectivity index (χ1n) is 10.4. The van der Waals surface area contributed by atoms with Crippen molar-refractivity contribution in [3.8, 4) is 11.5 Å². The second kappa shape index (κ2) is 8.38. The van der Waals surface area contributed by atoms with E-state index in [9.17, 15) is 19.1 Å². The monoisotopic (exact) mass is 446 g/mol. The van der Waals surface area contributed by atoms with Crippen LogP contribution >= 0.6 is 0 Å². The quantitative estimate of drug-likeness (QED) is 0.374. The Morgan fingerprint density at radius 3 is 2.61 bits per heavy atom. The van der Waals surface area contributed by atoms with E-state index >= 15 is 0 Å². The lowest BCUT2D eigenvalue weighted by Gasteiger charge is -2.25. The van der Waals surface area contributed by atoms with Crippen molar-refractivity contribution in [2.24, 2.45) is 0 Å². The zero-order valence-electron chi connectivity index (χ0n) is 17.4. The third-order valence-electron chi connectivity index (χ3n) is 5.63. The Labute approximate surface area is 188 Å². The molecule has 1 N–H and O–H groups in total. The van der Waals surface area contributed by atoms with Crippen molar-refractivity contribution >= 4 is 17.4 Å². The van der Waals surface area contributed by atoms with Gasteiger partial charge >= 0.3 is 0 Å². The van der Waals surface area contributed by atoms with Crippen LogP contribution in [0.5, 0.6) is 11.5 Å². The number of likely N-dealkylation sites (tertiary alicyclic amines) is 1. The molecule has 3 heterocycles. The molecule has 0 aliphatic carbocycles. The molecule has 0 radical (unpaired) electrons. The van der Waals surface area contributed by atoms with Gasteiger partial charge in [-0.15, -0.1) is 0 Å². The molecule has 2 aromatic carbocycles. The third kappa shape index (κ3) is 3.69. The number of hydrogen-bond donors (Lipinski definition) is 1. The summed E-state index contributed by atoms with van der Waals surface area (Å²) in [6.07, 6.45) is 3.16. The Kier molecular flexibility index (Phi) is 5.26. The molecule has 166 valence electrons. The summed E-state index contributed by atoms with van der Waals surface area (Å²) in [5.74, 6) is -1.79. The van der Waals surface area contributed by atoms with Gasteiger partial charge in [-0.25, -0.2) is 4.39 Å². The lowest BCUT2D eigenvalue weighted by Crippen LogP contribution is -2.29. The van der Waals surface area contributed by atoms with Crippen LogP contribution in [0.3, 0.4) is 0 Å². The van der Waals surface area contributed by atoms with Crippen LogP contribution in [-0.2, 0) is 16.1 Å². The summed E-state index contributed by atoms with van der Waals surface area (Å²) in [5.41, 5.74) is 0.852. The molecule has 5 rings (SSSR count). The molecule has 0 bridgehead atoms. The van der Waals surface area contributed by atoms with Crippen molar-refractivity contribution in [1.82, 2.24) is 9.88 Å². The molecule has 2 aliphatic heterocycles. The summed E-state index contributed by atoms with van der Waals surface area (Å²) in [7, 11) is 0. The third-order valence-corrected chi connectivity index (χ3v) is 5.63. The van der Waals surface area contributed by atoms with E-state index in [1.807, 2.05) is 0 Å². The smallest absolute Gasteiger partial charge is 0.295 e. The molecule has 2 aliphatic rings. The Morgan fingerprint density at radius 2 is 1.85 bits per heavy atom. The summed E-state index contributed by atoms with van der Waals surface area (Å²) in [6, 6.07) is 13.0. The summed E-state index contributed by atoms with van der Waals surface area (Å²) in [6.45, 7) is 0.780. The zero-order valence-corrected chi connectivity index (χ0v) is 17.4. The maximum atomic E-state index is 14.9. The average Bonchev–Trinajstić information content (AvgIpc) is 3.09. The topological polar surface area (TPSA) is 89.0 Å². The van der Waals surface area contributed by atoms with E-state index in [2.05, 4.69) is 4.98 Å². The van der Waals surface area contributed by atoms with Crippen LogP contribution < -0.4 is 9.47 Å². The molecule has 1 saturated heterocycles. The SMILES string of the molecule is O=C1C(=O)N(Cc2cccnc2)[C@@H](c2ccccc2F)/C1=C(\O)c1ccc2c(c1)OCCO2. The van der Waals surface area contributed by atoms with E-state index in [0.717, 1.165) is 0 Å². The number of halogens is 1. The highest BCUT2D eigenvalue weighted by atomic mass is 19.1. The van der Waals surface area contributed by atoms with Crippen molar-refractivity contribution < 1.29 is 28.6 Å². The Balaban J connectivity index is 1.65. The summed E-state index contributed by atoms with van der Waals surface area (Å²) in [5, 5.41) is 11.2. The first-order valence-corrected chi connectivity index (χ1v) is 10.4. The van der Waals surface area contributed by atoms with Gasteiger partial charge < -0.3 is 19.5 Å². The molecule has 3 aromatic rings. The molecule has 8 heteroatoms. The number of aliphatic hydroxyl groups excluding tert-OH is 1. The van der Waals surface area contributed by atoms with Crippen LogP contribution in [0.4, 0.5) is 4.39 Å². The Hall–Kier alpha value is -4.20. The van der Waals surface area contributed by atoms with E-state index < -0.39 is 29.3 Å². The summed E-state index contributed by atoms with van der Waals surface area (Å²) in [4.78, 5) is 31.4. The van der Waals surface area contributed by atoms with Gasteiger partial charge in [0.05, 0.1) is 11.6 Å². The standard InChI is InChI=1S/C25H19FN2O5/c26-18-6-2-1-5-17(18)22-21(23(29)16-7-8-19-20(12-16)33-11-10-32-19)24(30)25(31)28(22)14-15-4-3-9-27-13-15/h1-9,12-13,22,29H,10-11,14H2/b23-21+/t22-/m0/s1. The normalized spacial score (nSPS) is 19.1. The molecular weight excluding hydrogens is 427 g/mol. The van der Waals surface area contributed by atoms with Crippen LogP contribution in [0.25, 0.3) is 5.76 Å². The molecule has 1 amide bonds. The second-order valence-corrected chi connectivity index (χ2v) is 7.67. The highest BCUT2D eigenvalue weighted by molar-refractivity contribution is 6.46. The van der Waals surface area contributed by atoms with E-state index in [1.165, 1.54) is 29.2 Å². The van der Waals surface area contributed by atoms with Crippen molar-refractivity contribution in [1.29, 1.82) is 0 Å². The predicted molar refractivity (Wildman–Crippen MR) is 116 cm³/mol. The second-order valence-electron chi connectivity index (χ2n) is 7.67.